The summed E-state index contributed by atoms with van der Waals surface area (Å²) >= 11 is 7.16. The summed E-state index contributed by atoms with van der Waals surface area (Å²) in [7, 11) is 0. The van der Waals surface area contributed by atoms with Crippen molar-refractivity contribution in [3.8, 4) is 0 Å². The lowest BCUT2D eigenvalue weighted by Crippen LogP contribution is -2.41. The predicted octanol–water partition coefficient (Wildman–Crippen LogP) is 2.43. The van der Waals surface area contributed by atoms with Gasteiger partial charge in [-0.15, -0.1) is 11.3 Å². The molecular formula is C18H22ClN5O3S. The second-order valence-electron chi connectivity index (χ2n) is 6.21. The third kappa shape index (κ3) is 6.75. The maximum atomic E-state index is 12.1. The molecule has 1 aliphatic rings. The van der Waals surface area contributed by atoms with Gasteiger partial charge in [0.05, 0.1) is 25.3 Å². The molecule has 3 rings (SSSR count). The van der Waals surface area contributed by atoms with Crippen molar-refractivity contribution in [2.24, 2.45) is 0 Å². The van der Waals surface area contributed by atoms with Crippen LogP contribution in [0.1, 0.15) is 5.69 Å². The summed E-state index contributed by atoms with van der Waals surface area (Å²) in [6, 6.07) is 6.44. The van der Waals surface area contributed by atoms with Crippen molar-refractivity contribution in [1.82, 2.24) is 15.2 Å². The van der Waals surface area contributed by atoms with Gasteiger partial charge >= 0.3 is 6.03 Å². The first kappa shape index (κ1) is 20.5. The highest BCUT2D eigenvalue weighted by atomic mass is 35.5. The van der Waals surface area contributed by atoms with Crippen LogP contribution in [0.25, 0.3) is 0 Å². The maximum Gasteiger partial charge on any atom is 0.325 e. The van der Waals surface area contributed by atoms with Crippen molar-refractivity contribution in [3.63, 3.8) is 0 Å². The molecule has 3 amide bonds. The SMILES string of the molecule is O=C(Cc1csc(NC(=O)Nc2cccc(Cl)c2)n1)NCCN1CCOCC1. The van der Waals surface area contributed by atoms with E-state index in [9.17, 15) is 9.59 Å². The number of carbonyl (C=O) groups is 2. The monoisotopic (exact) mass is 423 g/mol. The number of hydrogen-bond donors (Lipinski definition) is 3. The molecule has 1 fully saturated rings. The van der Waals surface area contributed by atoms with Crippen molar-refractivity contribution >= 4 is 45.7 Å². The number of amides is 3. The Balaban J connectivity index is 1.39. The molecule has 3 N–H and O–H groups in total. The van der Waals surface area contributed by atoms with Crippen LogP contribution in [0.3, 0.4) is 0 Å². The Morgan fingerprint density at radius 2 is 2.07 bits per heavy atom. The summed E-state index contributed by atoms with van der Waals surface area (Å²) in [6.45, 7) is 4.68. The number of anilines is 2. The van der Waals surface area contributed by atoms with Gasteiger partial charge in [-0.05, 0) is 18.2 Å². The molecule has 0 saturated carbocycles. The van der Waals surface area contributed by atoms with Crippen LogP contribution in [0.4, 0.5) is 15.6 Å². The second kappa shape index (κ2) is 10.4. The van der Waals surface area contributed by atoms with Gasteiger partial charge in [-0.25, -0.2) is 9.78 Å². The lowest BCUT2D eigenvalue weighted by atomic mass is 10.3. The standard InChI is InChI=1S/C18H22ClN5O3S/c19-13-2-1-3-14(10-13)21-17(26)23-18-22-15(12-28-18)11-16(25)20-4-5-24-6-8-27-9-7-24/h1-3,10,12H,4-9,11H2,(H,20,25)(H2,21,22,23,26). The normalized spacial score (nSPS) is 14.5. The average molecular weight is 424 g/mol. The molecule has 1 aliphatic heterocycles. The smallest absolute Gasteiger partial charge is 0.325 e. The largest absolute Gasteiger partial charge is 0.379 e. The molecule has 0 atom stereocenters. The van der Waals surface area contributed by atoms with Crippen molar-refractivity contribution in [3.05, 3.63) is 40.4 Å². The molecule has 0 radical (unpaired) electrons. The van der Waals surface area contributed by atoms with Gasteiger partial charge in [0.1, 0.15) is 0 Å². The van der Waals surface area contributed by atoms with E-state index < -0.39 is 6.03 Å². The zero-order chi connectivity index (χ0) is 19.8. The number of hydrogen-bond acceptors (Lipinski definition) is 6. The van der Waals surface area contributed by atoms with Crippen molar-refractivity contribution < 1.29 is 14.3 Å². The lowest BCUT2D eigenvalue weighted by molar-refractivity contribution is -0.120. The minimum absolute atomic E-state index is 0.0894. The molecule has 0 spiro atoms. The zero-order valence-corrected chi connectivity index (χ0v) is 16.8. The number of benzene rings is 1. The molecule has 1 aromatic carbocycles. The predicted molar refractivity (Wildman–Crippen MR) is 110 cm³/mol. The van der Waals surface area contributed by atoms with Crippen LogP contribution in [0.2, 0.25) is 5.02 Å². The van der Waals surface area contributed by atoms with Crippen molar-refractivity contribution in [2.45, 2.75) is 6.42 Å². The van der Waals surface area contributed by atoms with E-state index in [2.05, 4.69) is 25.8 Å². The fourth-order valence-corrected chi connectivity index (χ4v) is 3.57. The Morgan fingerprint density at radius 3 is 2.86 bits per heavy atom. The molecule has 2 heterocycles. The van der Waals surface area contributed by atoms with Gasteiger partial charge in [-0.3, -0.25) is 15.0 Å². The lowest BCUT2D eigenvalue weighted by Gasteiger charge is -2.26. The van der Waals surface area contributed by atoms with Crippen molar-refractivity contribution in [2.75, 3.05) is 50.0 Å². The Bertz CT molecular complexity index is 810. The number of urea groups is 1. The molecule has 10 heteroatoms. The van der Waals surface area contributed by atoms with E-state index in [1.165, 1.54) is 11.3 Å². The van der Waals surface area contributed by atoms with Gasteiger partial charge in [-0.1, -0.05) is 17.7 Å². The van der Waals surface area contributed by atoms with E-state index in [0.717, 1.165) is 32.8 Å². The summed E-state index contributed by atoms with van der Waals surface area (Å²) in [4.78, 5) is 30.6. The highest BCUT2D eigenvalue weighted by Gasteiger charge is 2.12. The van der Waals surface area contributed by atoms with Crippen LogP contribution in [0.5, 0.6) is 0 Å². The Kier molecular flexibility index (Phi) is 7.61. The van der Waals surface area contributed by atoms with E-state index in [1.807, 2.05) is 0 Å². The zero-order valence-electron chi connectivity index (χ0n) is 15.2. The molecular weight excluding hydrogens is 402 g/mol. The Hall–Kier alpha value is -2.20. The number of nitrogens with one attached hydrogen (secondary N) is 3. The van der Waals surface area contributed by atoms with Crippen LogP contribution in [0, 0.1) is 0 Å². The highest BCUT2D eigenvalue weighted by molar-refractivity contribution is 7.14. The van der Waals surface area contributed by atoms with Crippen LogP contribution in [-0.4, -0.2) is 61.2 Å². The molecule has 28 heavy (non-hydrogen) atoms. The average Bonchev–Trinajstić information content (AvgIpc) is 3.09. The first-order chi connectivity index (χ1) is 13.6. The van der Waals surface area contributed by atoms with Crippen LogP contribution < -0.4 is 16.0 Å². The third-order valence-corrected chi connectivity index (χ3v) is 5.09. The molecule has 1 aromatic heterocycles. The summed E-state index contributed by atoms with van der Waals surface area (Å²) in [5.41, 5.74) is 1.20. The van der Waals surface area contributed by atoms with Crippen LogP contribution >= 0.6 is 22.9 Å². The van der Waals surface area contributed by atoms with Gasteiger partial charge in [0.2, 0.25) is 5.91 Å². The molecule has 0 unspecified atom stereocenters. The quantitative estimate of drug-likeness (QED) is 0.635. The number of rotatable bonds is 7. The number of morpholine rings is 1. The topological polar surface area (TPSA) is 95.6 Å². The fraction of sp³-hybridized carbons (Fsp3) is 0.389. The van der Waals surface area contributed by atoms with E-state index >= 15 is 0 Å². The van der Waals surface area contributed by atoms with E-state index in [4.69, 9.17) is 16.3 Å². The van der Waals surface area contributed by atoms with Crippen molar-refractivity contribution in [1.29, 1.82) is 0 Å². The summed E-state index contributed by atoms with van der Waals surface area (Å²) < 4.78 is 5.30. The van der Waals surface area contributed by atoms with Gasteiger partial charge in [0, 0.05) is 42.3 Å². The summed E-state index contributed by atoms with van der Waals surface area (Å²) in [5, 5.41) is 11.0. The Labute approximate surface area is 172 Å². The van der Waals surface area contributed by atoms with E-state index in [-0.39, 0.29) is 12.3 Å². The number of halogens is 1. The number of nitrogens with zero attached hydrogens (tertiary/aromatic N) is 2. The fourth-order valence-electron chi connectivity index (χ4n) is 2.68. The van der Waals surface area contributed by atoms with Crippen LogP contribution in [0.15, 0.2) is 29.6 Å². The molecule has 2 aromatic rings. The first-order valence-corrected chi connectivity index (χ1v) is 10.2. The van der Waals surface area contributed by atoms with Gasteiger partial charge < -0.3 is 15.4 Å². The minimum Gasteiger partial charge on any atom is -0.379 e. The molecule has 1 saturated heterocycles. The summed E-state index contributed by atoms with van der Waals surface area (Å²) in [6.07, 6.45) is 0.178. The molecule has 150 valence electrons. The first-order valence-electron chi connectivity index (χ1n) is 8.93. The minimum atomic E-state index is -0.418. The number of ether oxygens (including phenoxy) is 1. The van der Waals surface area contributed by atoms with Gasteiger partial charge in [0.15, 0.2) is 5.13 Å². The highest BCUT2D eigenvalue weighted by Crippen LogP contribution is 2.18. The van der Waals surface area contributed by atoms with E-state index in [0.29, 0.717) is 28.1 Å². The number of thiazole rings is 1. The van der Waals surface area contributed by atoms with E-state index in [1.54, 1.807) is 29.6 Å². The Morgan fingerprint density at radius 1 is 1.25 bits per heavy atom. The maximum absolute atomic E-state index is 12.1. The second-order valence-corrected chi connectivity index (χ2v) is 7.51. The van der Waals surface area contributed by atoms with Gasteiger partial charge in [-0.2, -0.15) is 0 Å². The molecule has 0 bridgehead atoms. The van der Waals surface area contributed by atoms with Gasteiger partial charge in [0.25, 0.3) is 0 Å². The number of aromatic nitrogens is 1. The van der Waals surface area contributed by atoms with Crippen LogP contribution in [-0.2, 0) is 16.0 Å². The number of carbonyl (C=O) groups excluding carboxylic acids is 2. The molecule has 0 aliphatic carbocycles. The summed E-state index contributed by atoms with van der Waals surface area (Å²) in [5.74, 6) is -0.0894. The third-order valence-electron chi connectivity index (χ3n) is 4.05. The molecule has 8 nitrogen and oxygen atoms in total.